The molecule has 1 aliphatic rings. The van der Waals surface area contributed by atoms with Crippen molar-refractivity contribution in [2.45, 2.75) is 51.2 Å². The van der Waals surface area contributed by atoms with Crippen LogP contribution in [-0.2, 0) is 26.2 Å². The van der Waals surface area contributed by atoms with Crippen LogP contribution in [0.1, 0.15) is 38.2 Å². The maximum atomic E-state index is 13.4. The van der Waals surface area contributed by atoms with Crippen molar-refractivity contribution in [1.29, 1.82) is 0 Å². The van der Waals surface area contributed by atoms with Crippen LogP contribution in [0.2, 0.25) is 0 Å². The second-order valence-electron chi connectivity index (χ2n) is 8.42. The van der Waals surface area contributed by atoms with E-state index in [-0.39, 0.29) is 18.5 Å². The zero-order chi connectivity index (χ0) is 24.0. The molecule has 178 valence electrons. The molecule has 2 amide bonds. The topological polar surface area (TPSA) is 86.8 Å². The summed E-state index contributed by atoms with van der Waals surface area (Å²) in [6.45, 7) is 1.22. The average molecular weight is 476 g/mol. The summed E-state index contributed by atoms with van der Waals surface area (Å²) in [6.07, 6.45) is 4.95. The van der Waals surface area contributed by atoms with Gasteiger partial charge in [0.1, 0.15) is 18.4 Å². The number of halogens is 1. The molecule has 0 spiro atoms. The van der Waals surface area contributed by atoms with Crippen LogP contribution < -0.4 is 9.62 Å². The summed E-state index contributed by atoms with van der Waals surface area (Å²) in [5.41, 5.74) is 0.994. The third-order valence-electron chi connectivity index (χ3n) is 5.86. The summed E-state index contributed by atoms with van der Waals surface area (Å²) in [6, 6.07) is 13.2. The molecule has 0 radical (unpaired) electrons. The SMILES string of the molecule is C[C@@H](C(=O)NC1CCCC1)N(Cc1ccc(F)cc1)C(=O)CN(c1ccccc1)S(C)(=O)=O. The van der Waals surface area contributed by atoms with Crippen LogP contribution in [0.15, 0.2) is 54.6 Å². The number of amides is 2. The Hall–Kier alpha value is -2.94. The highest BCUT2D eigenvalue weighted by molar-refractivity contribution is 7.92. The molecule has 1 fully saturated rings. The molecular weight excluding hydrogens is 445 g/mol. The number of rotatable bonds is 9. The predicted octanol–water partition coefficient (Wildman–Crippen LogP) is 3.07. The molecule has 0 unspecified atom stereocenters. The third kappa shape index (κ3) is 6.77. The first-order valence-corrected chi connectivity index (χ1v) is 12.9. The van der Waals surface area contributed by atoms with Crippen molar-refractivity contribution in [2.24, 2.45) is 0 Å². The summed E-state index contributed by atoms with van der Waals surface area (Å²) < 4.78 is 39.3. The highest BCUT2D eigenvalue weighted by atomic mass is 32.2. The van der Waals surface area contributed by atoms with E-state index >= 15 is 0 Å². The number of nitrogens with one attached hydrogen (secondary N) is 1. The van der Waals surface area contributed by atoms with Crippen LogP contribution in [0.5, 0.6) is 0 Å². The summed E-state index contributed by atoms with van der Waals surface area (Å²) in [5.74, 6) is -1.22. The number of anilines is 1. The van der Waals surface area contributed by atoms with Crippen molar-refractivity contribution in [2.75, 3.05) is 17.1 Å². The minimum atomic E-state index is -3.75. The quantitative estimate of drug-likeness (QED) is 0.604. The molecule has 1 saturated carbocycles. The van der Waals surface area contributed by atoms with E-state index in [0.29, 0.717) is 11.3 Å². The van der Waals surface area contributed by atoms with Gasteiger partial charge >= 0.3 is 0 Å². The molecule has 0 saturated heterocycles. The minimum absolute atomic E-state index is 0.0464. The van der Waals surface area contributed by atoms with Gasteiger partial charge in [-0.25, -0.2) is 12.8 Å². The van der Waals surface area contributed by atoms with Crippen LogP contribution in [0.3, 0.4) is 0 Å². The molecule has 3 rings (SSSR count). The van der Waals surface area contributed by atoms with E-state index < -0.39 is 34.3 Å². The third-order valence-corrected chi connectivity index (χ3v) is 7.00. The van der Waals surface area contributed by atoms with E-state index in [4.69, 9.17) is 0 Å². The van der Waals surface area contributed by atoms with Crippen LogP contribution in [0, 0.1) is 5.82 Å². The van der Waals surface area contributed by atoms with Gasteiger partial charge in [0.25, 0.3) is 0 Å². The van der Waals surface area contributed by atoms with Crippen molar-refractivity contribution in [1.82, 2.24) is 10.2 Å². The molecule has 1 aliphatic carbocycles. The maximum absolute atomic E-state index is 13.4. The lowest BCUT2D eigenvalue weighted by Crippen LogP contribution is -2.52. The van der Waals surface area contributed by atoms with E-state index in [1.807, 2.05) is 0 Å². The highest BCUT2D eigenvalue weighted by Crippen LogP contribution is 2.20. The van der Waals surface area contributed by atoms with E-state index in [9.17, 15) is 22.4 Å². The monoisotopic (exact) mass is 475 g/mol. The molecule has 0 aromatic heterocycles. The van der Waals surface area contributed by atoms with Crippen LogP contribution >= 0.6 is 0 Å². The van der Waals surface area contributed by atoms with Crippen LogP contribution in [0.4, 0.5) is 10.1 Å². The largest absolute Gasteiger partial charge is 0.352 e. The van der Waals surface area contributed by atoms with Gasteiger partial charge < -0.3 is 10.2 Å². The van der Waals surface area contributed by atoms with Gasteiger partial charge in [-0.2, -0.15) is 0 Å². The molecule has 9 heteroatoms. The Labute approximate surface area is 194 Å². The number of para-hydroxylation sites is 1. The second-order valence-corrected chi connectivity index (χ2v) is 10.3. The predicted molar refractivity (Wildman–Crippen MR) is 125 cm³/mol. The van der Waals surface area contributed by atoms with Crippen LogP contribution in [0.25, 0.3) is 0 Å². The van der Waals surface area contributed by atoms with Gasteiger partial charge in [-0.1, -0.05) is 43.2 Å². The summed E-state index contributed by atoms with van der Waals surface area (Å²) in [4.78, 5) is 27.7. The average Bonchev–Trinajstić information content (AvgIpc) is 3.29. The number of nitrogens with zero attached hydrogens (tertiary/aromatic N) is 2. The molecule has 2 aromatic carbocycles. The van der Waals surface area contributed by atoms with Gasteiger partial charge in [0.15, 0.2) is 0 Å². The van der Waals surface area contributed by atoms with E-state index in [2.05, 4.69) is 5.32 Å². The van der Waals surface area contributed by atoms with Gasteiger partial charge in [-0.15, -0.1) is 0 Å². The van der Waals surface area contributed by atoms with Crippen molar-refractivity contribution in [3.05, 3.63) is 66.0 Å². The molecule has 1 atom stereocenters. The summed E-state index contributed by atoms with van der Waals surface area (Å²) >= 11 is 0. The zero-order valence-corrected chi connectivity index (χ0v) is 19.7. The molecule has 0 aliphatic heterocycles. The lowest BCUT2D eigenvalue weighted by atomic mass is 10.1. The minimum Gasteiger partial charge on any atom is -0.352 e. The van der Waals surface area contributed by atoms with Crippen molar-refractivity contribution >= 4 is 27.5 Å². The highest BCUT2D eigenvalue weighted by Gasteiger charge is 2.31. The molecule has 2 aromatic rings. The Kier molecular flexibility index (Phi) is 8.07. The number of sulfonamides is 1. The fraction of sp³-hybridized carbons (Fsp3) is 0.417. The molecule has 33 heavy (non-hydrogen) atoms. The zero-order valence-electron chi connectivity index (χ0n) is 18.9. The Morgan fingerprint density at radius 2 is 1.67 bits per heavy atom. The van der Waals surface area contributed by atoms with Gasteiger partial charge in [0.2, 0.25) is 21.8 Å². The van der Waals surface area contributed by atoms with Gasteiger partial charge in [-0.05, 0) is 49.6 Å². The first-order valence-electron chi connectivity index (χ1n) is 11.0. The van der Waals surface area contributed by atoms with Crippen molar-refractivity contribution in [3.63, 3.8) is 0 Å². The Morgan fingerprint density at radius 3 is 2.24 bits per heavy atom. The maximum Gasteiger partial charge on any atom is 0.244 e. The van der Waals surface area contributed by atoms with Crippen molar-refractivity contribution < 1.29 is 22.4 Å². The standard InChI is InChI=1S/C24H30FN3O4S/c1-18(24(30)26-21-8-6-7-9-21)27(16-19-12-14-20(25)15-13-19)23(29)17-28(33(2,31)32)22-10-4-3-5-11-22/h3-5,10-15,18,21H,6-9,16-17H2,1-2H3,(H,26,30)/t18-/m0/s1. The Morgan fingerprint density at radius 1 is 1.06 bits per heavy atom. The fourth-order valence-electron chi connectivity index (χ4n) is 3.97. The van der Waals surface area contributed by atoms with Crippen LogP contribution in [-0.4, -0.2) is 50.0 Å². The molecule has 0 bridgehead atoms. The first kappa shape index (κ1) is 24.7. The van der Waals surface area contributed by atoms with Gasteiger partial charge in [0, 0.05) is 12.6 Å². The fourth-order valence-corrected chi connectivity index (χ4v) is 4.82. The number of hydrogen-bond acceptors (Lipinski definition) is 4. The normalized spacial score (nSPS) is 15.1. The lowest BCUT2D eigenvalue weighted by Gasteiger charge is -2.32. The van der Waals surface area contributed by atoms with Crippen molar-refractivity contribution in [3.8, 4) is 0 Å². The summed E-state index contributed by atoms with van der Waals surface area (Å²) in [7, 11) is -3.75. The Balaban J connectivity index is 1.85. The second kappa shape index (κ2) is 10.8. The number of carbonyl (C=O) groups is 2. The van der Waals surface area contributed by atoms with Gasteiger partial charge in [0.05, 0.1) is 11.9 Å². The first-order chi connectivity index (χ1) is 15.6. The number of carbonyl (C=O) groups excluding carboxylic acids is 2. The number of benzene rings is 2. The molecule has 0 heterocycles. The van der Waals surface area contributed by atoms with Gasteiger partial charge in [-0.3, -0.25) is 13.9 Å². The smallest absolute Gasteiger partial charge is 0.244 e. The van der Waals surface area contributed by atoms with E-state index in [1.165, 1.54) is 17.0 Å². The summed E-state index contributed by atoms with van der Waals surface area (Å²) in [5, 5.41) is 3.00. The van der Waals surface area contributed by atoms with E-state index in [1.54, 1.807) is 49.4 Å². The molecule has 1 N–H and O–H groups in total. The molecular formula is C24H30FN3O4S. The lowest BCUT2D eigenvalue weighted by molar-refractivity contribution is -0.139. The molecule has 7 nitrogen and oxygen atoms in total. The number of hydrogen-bond donors (Lipinski definition) is 1. The van der Waals surface area contributed by atoms with E-state index in [0.717, 1.165) is 36.2 Å². The Bertz CT molecular complexity index is 1050.